The minimum Gasteiger partial charge on any atom is -0.492 e. The van der Waals surface area contributed by atoms with Crippen LogP contribution < -0.4 is 15.7 Å². The van der Waals surface area contributed by atoms with Gasteiger partial charge < -0.3 is 19.9 Å². The van der Waals surface area contributed by atoms with Gasteiger partial charge in [0.15, 0.2) is 5.82 Å². The molecule has 11 nitrogen and oxygen atoms in total. The average Bonchev–Trinajstić information content (AvgIpc) is 3.41. The minimum atomic E-state index is -0.443. The lowest BCUT2D eigenvalue weighted by atomic mass is 10.1. The monoisotopic (exact) mass is 737 g/mol. The van der Waals surface area contributed by atoms with Gasteiger partial charge in [0, 0.05) is 53.2 Å². The second-order valence-corrected chi connectivity index (χ2v) is 13.7. The molecule has 0 fully saturated rings. The van der Waals surface area contributed by atoms with Crippen LogP contribution in [0.15, 0.2) is 94.5 Å². The van der Waals surface area contributed by atoms with Crippen molar-refractivity contribution in [3.8, 4) is 22.8 Å². The van der Waals surface area contributed by atoms with Crippen molar-refractivity contribution in [2.75, 3.05) is 20.7 Å². The number of hydrogen-bond acceptors (Lipinski definition) is 7. The molecule has 1 aliphatic heterocycles. The number of hydrogen-bond donors (Lipinski definition) is 1. The van der Waals surface area contributed by atoms with Crippen LogP contribution in [0.2, 0.25) is 0 Å². The van der Waals surface area contributed by atoms with Crippen LogP contribution in [0.3, 0.4) is 0 Å². The molecule has 0 aliphatic carbocycles. The molecule has 0 radical (unpaired) electrons. The second-order valence-electron chi connectivity index (χ2n) is 12.8. The molecule has 12 heteroatoms. The van der Waals surface area contributed by atoms with E-state index in [0.29, 0.717) is 35.1 Å². The number of likely N-dealkylation sites (N-methyl/N-ethyl adjacent to an activating group) is 1. The third-order valence-electron chi connectivity index (χ3n) is 9.16. The van der Waals surface area contributed by atoms with Gasteiger partial charge in [-0.25, -0.2) is 14.8 Å². The van der Waals surface area contributed by atoms with Crippen molar-refractivity contribution in [1.82, 2.24) is 34.2 Å². The summed E-state index contributed by atoms with van der Waals surface area (Å²) >= 11 is 3.51. The highest BCUT2D eigenvalue weighted by atomic mass is 79.9. The average molecular weight is 739 g/mol. The van der Waals surface area contributed by atoms with E-state index in [1.165, 1.54) is 4.57 Å². The molecule has 1 aliphatic rings. The van der Waals surface area contributed by atoms with Crippen LogP contribution in [-0.2, 0) is 19.6 Å². The number of aromatic nitrogens is 4. The highest BCUT2D eigenvalue weighted by Gasteiger charge is 2.35. The number of nitrogens with one attached hydrogen (secondary N) is 1. The number of imidazole rings is 1. The number of ether oxygens (including phenoxy) is 1. The molecule has 258 valence electrons. The number of halogens is 1. The molecule has 3 aromatic carbocycles. The smallest absolute Gasteiger partial charge is 0.333 e. The summed E-state index contributed by atoms with van der Waals surface area (Å²) < 4.78 is 9.95. The van der Waals surface area contributed by atoms with Gasteiger partial charge >= 0.3 is 5.69 Å². The van der Waals surface area contributed by atoms with Gasteiger partial charge in [0.2, 0.25) is 0 Å². The Kier molecular flexibility index (Phi) is 10.3. The Hall–Kier alpha value is -5.07. The largest absolute Gasteiger partial charge is 0.492 e. The van der Waals surface area contributed by atoms with Crippen LogP contribution >= 0.6 is 15.9 Å². The fraction of sp³-hybridized carbons (Fsp3) is 0.289. The van der Waals surface area contributed by atoms with Crippen LogP contribution in [0.5, 0.6) is 5.75 Å². The van der Waals surface area contributed by atoms with E-state index in [9.17, 15) is 14.4 Å². The molecule has 6 rings (SSSR count). The molecule has 50 heavy (non-hydrogen) atoms. The van der Waals surface area contributed by atoms with E-state index < -0.39 is 5.91 Å². The molecular formula is C38H40BrN7O4. The van der Waals surface area contributed by atoms with E-state index in [0.717, 1.165) is 21.2 Å². The Morgan fingerprint density at radius 3 is 2.46 bits per heavy atom. The first-order valence-electron chi connectivity index (χ1n) is 16.5. The van der Waals surface area contributed by atoms with Gasteiger partial charge in [0.25, 0.3) is 11.8 Å². The maximum Gasteiger partial charge on any atom is 0.333 e. The first-order valence-corrected chi connectivity index (χ1v) is 17.3. The fourth-order valence-electron chi connectivity index (χ4n) is 5.95. The fourth-order valence-corrected chi connectivity index (χ4v) is 6.20. The Bertz CT molecular complexity index is 2080. The third-order valence-corrected chi connectivity index (χ3v) is 10.0. The maximum atomic E-state index is 14.3. The van der Waals surface area contributed by atoms with Gasteiger partial charge in [0.05, 0.1) is 17.9 Å². The van der Waals surface area contributed by atoms with E-state index >= 15 is 0 Å². The molecule has 5 aromatic rings. The predicted molar refractivity (Wildman–Crippen MR) is 196 cm³/mol. The number of benzene rings is 3. The normalized spacial score (nSPS) is 14.7. The molecule has 0 spiro atoms. The molecule has 0 unspecified atom stereocenters. The number of carbonyl (C=O) groups excluding carboxylic acids is 2. The zero-order chi connectivity index (χ0) is 35.5. The SMILES string of the molecule is Cc1cc(C(=O)N2Cc3c(C(=O)NCc4ccccc4-c4ncccn4)n(-c4ccc(OC[C@@H](C)N(C)C)cc4)c(=O)n3C[C@@H]2C)ccc1Br. The Morgan fingerprint density at radius 1 is 1.04 bits per heavy atom. The van der Waals surface area contributed by atoms with Crippen molar-refractivity contribution in [3.63, 3.8) is 0 Å². The van der Waals surface area contributed by atoms with Gasteiger partial charge in [-0.2, -0.15) is 0 Å². The standard InChI is InChI=1S/C38H40BrN7O4/c1-24-19-27(11-16-32(24)39)37(48)44-22-33-34(36(47)42-20-28-9-6-7-10-31(28)35-40-17-8-18-41-35)46(38(49)45(33)21-25(44)2)29-12-14-30(15-13-29)50-23-26(3)43(4)5/h6-19,25-26H,20-23H2,1-5H3,(H,42,47)/t25-,26+/m0/s1. The highest BCUT2D eigenvalue weighted by Crippen LogP contribution is 2.27. The molecule has 0 saturated carbocycles. The third kappa shape index (κ3) is 7.12. The van der Waals surface area contributed by atoms with Crippen LogP contribution in [0, 0.1) is 6.92 Å². The maximum absolute atomic E-state index is 14.3. The summed E-state index contributed by atoms with van der Waals surface area (Å²) in [5.74, 6) is 0.585. The lowest BCUT2D eigenvalue weighted by Gasteiger charge is -2.34. The lowest BCUT2D eigenvalue weighted by molar-refractivity contribution is 0.0610. The van der Waals surface area contributed by atoms with Gasteiger partial charge in [-0.1, -0.05) is 40.2 Å². The number of aryl methyl sites for hydroxylation is 1. The molecule has 3 heterocycles. The number of amides is 2. The summed E-state index contributed by atoms with van der Waals surface area (Å²) in [6, 6.07) is 21.9. The Balaban J connectivity index is 1.37. The summed E-state index contributed by atoms with van der Waals surface area (Å²) in [5.41, 5.74) is 3.89. The molecule has 0 saturated heterocycles. The van der Waals surface area contributed by atoms with Crippen molar-refractivity contribution >= 4 is 27.7 Å². The van der Waals surface area contributed by atoms with Crippen LogP contribution in [0.25, 0.3) is 17.1 Å². The summed E-state index contributed by atoms with van der Waals surface area (Å²) in [7, 11) is 3.99. The molecule has 2 atom stereocenters. The van der Waals surface area contributed by atoms with Crippen molar-refractivity contribution in [2.45, 2.75) is 52.5 Å². The quantitative estimate of drug-likeness (QED) is 0.202. The number of rotatable bonds is 10. The van der Waals surface area contributed by atoms with Crippen molar-refractivity contribution in [1.29, 1.82) is 0 Å². The van der Waals surface area contributed by atoms with Gasteiger partial charge in [-0.05, 0) is 94.5 Å². The first-order chi connectivity index (χ1) is 24.0. The lowest BCUT2D eigenvalue weighted by Crippen LogP contribution is -2.47. The van der Waals surface area contributed by atoms with Gasteiger partial charge in [-0.15, -0.1) is 0 Å². The topological polar surface area (TPSA) is 115 Å². The van der Waals surface area contributed by atoms with Crippen molar-refractivity contribution < 1.29 is 14.3 Å². The van der Waals surface area contributed by atoms with E-state index in [-0.39, 0.29) is 49.0 Å². The predicted octanol–water partition coefficient (Wildman–Crippen LogP) is 5.47. The van der Waals surface area contributed by atoms with Crippen LogP contribution in [-0.4, -0.2) is 73.5 Å². The zero-order valence-corrected chi connectivity index (χ0v) is 30.3. The van der Waals surface area contributed by atoms with Crippen molar-refractivity contribution in [2.24, 2.45) is 0 Å². The molecule has 2 aromatic heterocycles. The van der Waals surface area contributed by atoms with Crippen LogP contribution in [0.4, 0.5) is 0 Å². The highest BCUT2D eigenvalue weighted by molar-refractivity contribution is 9.10. The van der Waals surface area contributed by atoms with E-state index in [1.807, 2.05) is 64.3 Å². The zero-order valence-electron chi connectivity index (χ0n) is 28.8. The summed E-state index contributed by atoms with van der Waals surface area (Å²) in [4.78, 5) is 55.0. The van der Waals surface area contributed by atoms with E-state index in [4.69, 9.17) is 4.74 Å². The Labute approximate surface area is 299 Å². The van der Waals surface area contributed by atoms with E-state index in [2.05, 4.69) is 43.0 Å². The van der Waals surface area contributed by atoms with E-state index in [1.54, 1.807) is 58.3 Å². The first kappa shape index (κ1) is 34.8. The summed E-state index contributed by atoms with van der Waals surface area (Å²) in [6.07, 6.45) is 3.35. The molecular weight excluding hydrogens is 698 g/mol. The van der Waals surface area contributed by atoms with Gasteiger partial charge in [-0.3, -0.25) is 18.7 Å². The Morgan fingerprint density at radius 2 is 1.76 bits per heavy atom. The van der Waals surface area contributed by atoms with Gasteiger partial charge in [0.1, 0.15) is 18.1 Å². The van der Waals surface area contributed by atoms with Crippen LogP contribution in [0.1, 0.15) is 51.5 Å². The molecule has 0 bridgehead atoms. The number of nitrogens with zero attached hydrogens (tertiary/aromatic N) is 6. The summed E-state index contributed by atoms with van der Waals surface area (Å²) in [5, 5.41) is 3.05. The second kappa shape index (κ2) is 14.8. The number of fused-ring (bicyclic) bond motifs is 1. The number of carbonyl (C=O) groups is 2. The molecule has 2 amide bonds. The minimum absolute atomic E-state index is 0.0815. The molecule has 1 N–H and O–H groups in total. The van der Waals surface area contributed by atoms with Crippen molar-refractivity contribution in [3.05, 3.63) is 128 Å². The summed E-state index contributed by atoms with van der Waals surface area (Å²) in [6.45, 7) is 6.90.